The van der Waals surface area contributed by atoms with Crippen LogP contribution in [0.3, 0.4) is 0 Å². The molecular formula is C19H12ClF2NO4. The molecule has 0 N–H and O–H groups in total. The van der Waals surface area contributed by atoms with Gasteiger partial charge in [-0.25, -0.2) is 13.6 Å². The van der Waals surface area contributed by atoms with Crippen molar-refractivity contribution in [2.24, 2.45) is 0 Å². The normalized spacial score (nSPS) is 10.7. The van der Waals surface area contributed by atoms with Crippen molar-refractivity contribution in [3.63, 3.8) is 0 Å². The first-order valence-electron chi connectivity index (χ1n) is 7.75. The fraction of sp³-hybridized carbons (Fsp3) is 0.105. The second-order valence-corrected chi connectivity index (χ2v) is 5.98. The second-order valence-electron chi connectivity index (χ2n) is 5.57. The highest BCUT2D eigenvalue weighted by molar-refractivity contribution is 6.33. The lowest BCUT2D eigenvalue weighted by Crippen LogP contribution is -2.15. The van der Waals surface area contributed by atoms with Crippen molar-refractivity contribution in [2.75, 3.05) is 6.61 Å². The van der Waals surface area contributed by atoms with Gasteiger partial charge in [0, 0.05) is 5.56 Å². The Morgan fingerprint density at radius 1 is 1.19 bits per heavy atom. The van der Waals surface area contributed by atoms with E-state index in [4.69, 9.17) is 20.9 Å². The Hall–Kier alpha value is -3.06. The molecule has 8 heteroatoms. The van der Waals surface area contributed by atoms with Gasteiger partial charge in [-0.1, -0.05) is 35.0 Å². The quantitative estimate of drug-likeness (QED) is 0.469. The molecule has 0 fully saturated rings. The van der Waals surface area contributed by atoms with Gasteiger partial charge in [0.15, 0.2) is 12.4 Å². The molecule has 0 amide bonds. The van der Waals surface area contributed by atoms with E-state index in [2.05, 4.69) is 5.16 Å². The summed E-state index contributed by atoms with van der Waals surface area (Å²) in [5, 5.41) is 3.73. The molecule has 0 radical (unpaired) electrons. The van der Waals surface area contributed by atoms with Crippen LogP contribution in [0.4, 0.5) is 8.78 Å². The van der Waals surface area contributed by atoms with Gasteiger partial charge in [0.1, 0.15) is 28.7 Å². The van der Waals surface area contributed by atoms with Gasteiger partial charge in [0.25, 0.3) is 0 Å². The third-order valence-electron chi connectivity index (χ3n) is 3.75. The van der Waals surface area contributed by atoms with Crippen LogP contribution in [0.5, 0.6) is 0 Å². The highest BCUT2D eigenvalue weighted by Crippen LogP contribution is 2.33. The lowest BCUT2D eigenvalue weighted by atomic mass is 10.1. The molecule has 138 valence electrons. The summed E-state index contributed by atoms with van der Waals surface area (Å²) < 4.78 is 37.3. The summed E-state index contributed by atoms with van der Waals surface area (Å²) in [6.45, 7) is 0.813. The molecule has 5 nitrogen and oxygen atoms in total. The molecule has 1 aromatic heterocycles. The first-order valence-corrected chi connectivity index (χ1v) is 8.13. The third-order valence-corrected chi connectivity index (χ3v) is 4.06. The minimum absolute atomic E-state index is 0.0354. The standard InChI is InChI=1S/C19H12ClF2NO4/c1-10-16(18(23-27-10)17-13(20)6-3-7-14(17)22)19(25)26-9-15(24)11-4-2-5-12(21)8-11/h2-8H,9H2,1H3. The maximum absolute atomic E-state index is 14.2. The molecule has 0 aliphatic carbocycles. The zero-order valence-corrected chi connectivity index (χ0v) is 14.7. The van der Waals surface area contributed by atoms with Crippen molar-refractivity contribution in [2.45, 2.75) is 6.92 Å². The number of hydrogen-bond donors (Lipinski definition) is 0. The first-order chi connectivity index (χ1) is 12.9. The molecule has 0 unspecified atom stereocenters. The predicted octanol–water partition coefficient (Wildman–Crippen LogP) is 4.62. The van der Waals surface area contributed by atoms with E-state index in [0.717, 1.165) is 12.1 Å². The number of benzene rings is 2. The Kier molecular flexibility index (Phi) is 5.32. The van der Waals surface area contributed by atoms with E-state index in [0.29, 0.717) is 0 Å². The molecule has 0 atom stereocenters. The molecule has 0 bridgehead atoms. The van der Waals surface area contributed by atoms with Crippen LogP contribution in [-0.4, -0.2) is 23.5 Å². The Morgan fingerprint density at radius 3 is 2.63 bits per heavy atom. The Balaban J connectivity index is 1.84. The van der Waals surface area contributed by atoms with Gasteiger partial charge in [0.2, 0.25) is 0 Å². The number of aryl methyl sites for hydroxylation is 1. The van der Waals surface area contributed by atoms with Crippen LogP contribution in [0.15, 0.2) is 47.0 Å². The van der Waals surface area contributed by atoms with Crippen LogP contribution >= 0.6 is 11.6 Å². The van der Waals surface area contributed by atoms with Gasteiger partial charge in [0.05, 0.1) is 10.6 Å². The van der Waals surface area contributed by atoms with Crippen molar-refractivity contribution < 1.29 is 27.6 Å². The molecule has 3 rings (SSSR count). The number of hydrogen-bond acceptors (Lipinski definition) is 5. The zero-order chi connectivity index (χ0) is 19.6. The van der Waals surface area contributed by atoms with E-state index in [1.54, 1.807) is 0 Å². The summed E-state index contributed by atoms with van der Waals surface area (Å²) in [5.41, 5.74) is -0.325. The minimum Gasteiger partial charge on any atom is -0.454 e. The second kappa shape index (κ2) is 7.67. The summed E-state index contributed by atoms with van der Waals surface area (Å²) in [6.07, 6.45) is 0. The summed E-state index contributed by atoms with van der Waals surface area (Å²) >= 11 is 6.01. The van der Waals surface area contributed by atoms with Gasteiger partial charge in [-0.05, 0) is 31.2 Å². The smallest absolute Gasteiger partial charge is 0.344 e. The van der Waals surface area contributed by atoms with E-state index < -0.39 is 30.0 Å². The molecule has 0 aliphatic heterocycles. The molecule has 1 heterocycles. The summed E-state index contributed by atoms with van der Waals surface area (Å²) in [4.78, 5) is 24.5. The number of Topliss-reactive ketones (excluding diaryl/α,β-unsaturated/α-hetero) is 1. The van der Waals surface area contributed by atoms with E-state index >= 15 is 0 Å². The fourth-order valence-corrected chi connectivity index (χ4v) is 2.71. The molecular weight excluding hydrogens is 380 g/mol. The van der Waals surface area contributed by atoms with Crippen molar-refractivity contribution >= 4 is 23.4 Å². The number of esters is 1. The first kappa shape index (κ1) is 18.7. The molecule has 0 saturated heterocycles. The van der Waals surface area contributed by atoms with Crippen LogP contribution in [0.25, 0.3) is 11.3 Å². The van der Waals surface area contributed by atoms with Crippen molar-refractivity contribution in [1.82, 2.24) is 5.16 Å². The van der Waals surface area contributed by atoms with Crippen LogP contribution in [0, 0.1) is 18.6 Å². The molecule has 0 aliphatic rings. The highest BCUT2D eigenvalue weighted by atomic mass is 35.5. The van der Waals surface area contributed by atoms with Crippen LogP contribution in [0.2, 0.25) is 5.02 Å². The van der Waals surface area contributed by atoms with Gasteiger partial charge in [-0.15, -0.1) is 0 Å². The van der Waals surface area contributed by atoms with Gasteiger partial charge >= 0.3 is 5.97 Å². The number of halogens is 3. The third kappa shape index (κ3) is 3.88. The minimum atomic E-state index is -0.937. The summed E-state index contributed by atoms with van der Waals surface area (Å²) in [6, 6.07) is 8.99. The molecule has 3 aromatic rings. The van der Waals surface area contributed by atoms with E-state index in [1.165, 1.54) is 37.3 Å². The van der Waals surface area contributed by atoms with E-state index in [9.17, 15) is 18.4 Å². The largest absolute Gasteiger partial charge is 0.454 e. The topological polar surface area (TPSA) is 69.4 Å². The summed E-state index contributed by atoms with van der Waals surface area (Å²) in [5.74, 6) is -2.73. The number of carbonyl (C=O) groups is 2. The number of carbonyl (C=O) groups excluding carboxylic acids is 2. The van der Waals surface area contributed by atoms with E-state index in [-0.39, 0.29) is 33.2 Å². The Labute approximate surface area is 157 Å². The van der Waals surface area contributed by atoms with Crippen LogP contribution < -0.4 is 0 Å². The molecule has 0 saturated carbocycles. The zero-order valence-electron chi connectivity index (χ0n) is 14.0. The fourth-order valence-electron chi connectivity index (χ4n) is 2.46. The number of ketones is 1. The monoisotopic (exact) mass is 391 g/mol. The summed E-state index contributed by atoms with van der Waals surface area (Å²) in [7, 11) is 0. The maximum Gasteiger partial charge on any atom is 0.344 e. The SMILES string of the molecule is Cc1onc(-c2c(F)cccc2Cl)c1C(=O)OCC(=O)c1cccc(F)c1. The molecule has 27 heavy (non-hydrogen) atoms. The number of nitrogens with zero attached hydrogens (tertiary/aromatic N) is 1. The number of aromatic nitrogens is 1. The number of rotatable bonds is 5. The van der Waals surface area contributed by atoms with Gasteiger partial charge in [-0.2, -0.15) is 0 Å². The van der Waals surface area contributed by atoms with Crippen LogP contribution in [0.1, 0.15) is 26.5 Å². The lowest BCUT2D eigenvalue weighted by molar-refractivity contribution is 0.0473. The predicted molar refractivity (Wildman–Crippen MR) is 92.7 cm³/mol. The van der Waals surface area contributed by atoms with Gasteiger partial charge in [-0.3, -0.25) is 4.79 Å². The highest BCUT2D eigenvalue weighted by Gasteiger charge is 2.27. The molecule has 0 spiro atoms. The average Bonchev–Trinajstić information content (AvgIpc) is 3.00. The maximum atomic E-state index is 14.2. The average molecular weight is 392 g/mol. The van der Waals surface area contributed by atoms with Crippen molar-refractivity contribution in [3.05, 3.63) is 76.0 Å². The number of ether oxygens (including phenoxy) is 1. The van der Waals surface area contributed by atoms with Crippen molar-refractivity contribution in [1.29, 1.82) is 0 Å². The molecule has 2 aromatic carbocycles. The van der Waals surface area contributed by atoms with Crippen LogP contribution in [-0.2, 0) is 4.74 Å². The Morgan fingerprint density at radius 2 is 1.93 bits per heavy atom. The Bertz CT molecular complexity index is 1010. The van der Waals surface area contributed by atoms with E-state index in [1.807, 2.05) is 0 Å². The lowest BCUT2D eigenvalue weighted by Gasteiger charge is -2.07. The van der Waals surface area contributed by atoms with Crippen molar-refractivity contribution in [3.8, 4) is 11.3 Å². The van der Waals surface area contributed by atoms with Gasteiger partial charge < -0.3 is 9.26 Å².